The lowest BCUT2D eigenvalue weighted by Gasteiger charge is -2.40. The molecule has 0 spiro atoms. The highest BCUT2D eigenvalue weighted by molar-refractivity contribution is 5.77. The molecular formula is C20H25N3O3. The van der Waals surface area contributed by atoms with E-state index in [1.165, 1.54) is 5.56 Å². The lowest BCUT2D eigenvalue weighted by Crippen LogP contribution is -2.45. The fourth-order valence-corrected chi connectivity index (χ4v) is 4.03. The molecule has 4 rings (SSSR count). The Labute approximate surface area is 153 Å². The van der Waals surface area contributed by atoms with E-state index in [1.807, 2.05) is 29.6 Å². The molecule has 3 heterocycles. The zero-order chi connectivity index (χ0) is 18.3. The van der Waals surface area contributed by atoms with E-state index in [9.17, 15) is 4.79 Å². The van der Waals surface area contributed by atoms with Crippen LogP contribution < -0.4 is 9.47 Å². The lowest BCUT2D eigenvalue weighted by atomic mass is 9.76. The third kappa shape index (κ3) is 3.28. The molecule has 0 bridgehead atoms. The van der Waals surface area contributed by atoms with Gasteiger partial charge in [-0.05, 0) is 48.9 Å². The first-order chi connectivity index (χ1) is 12.4. The van der Waals surface area contributed by atoms with E-state index in [4.69, 9.17) is 9.47 Å². The smallest absolute Gasteiger partial charge is 0.231 e. The van der Waals surface area contributed by atoms with Crippen LogP contribution in [0.1, 0.15) is 36.7 Å². The number of carbonyl (C=O) groups excluding carboxylic acids is 1. The van der Waals surface area contributed by atoms with Crippen molar-refractivity contribution in [1.29, 1.82) is 0 Å². The van der Waals surface area contributed by atoms with Crippen LogP contribution in [0.2, 0.25) is 0 Å². The van der Waals surface area contributed by atoms with E-state index < -0.39 is 0 Å². The summed E-state index contributed by atoms with van der Waals surface area (Å²) >= 11 is 0. The maximum Gasteiger partial charge on any atom is 0.231 e. The molecule has 2 aliphatic rings. The quantitative estimate of drug-likeness (QED) is 0.846. The second-order valence-electron chi connectivity index (χ2n) is 7.83. The number of nitrogens with zero attached hydrogens (tertiary/aromatic N) is 3. The van der Waals surface area contributed by atoms with Crippen molar-refractivity contribution in [3.63, 3.8) is 0 Å². The molecule has 1 fully saturated rings. The minimum absolute atomic E-state index is 0.0508. The summed E-state index contributed by atoms with van der Waals surface area (Å²) in [6.07, 6.45) is 2.41. The standard InChI is InChI=1S/C20H25N3O3/c1-14-8-16(22(3)21-14)11-23-12-20(2,7-6-19(23)24)10-15-4-5-17-18(9-15)26-13-25-17/h4-5,8-9H,6-7,10-13H2,1-3H3/t20-/m1/s1. The number of benzene rings is 1. The van der Waals surface area contributed by atoms with Gasteiger partial charge < -0.3 is 14.4 Å². The topological polar surface area (TPSA) is 56.6 Å². The fourth-order valence-electron chi connectivity index (χ4n) is 4.03. The van der Waals surface area contributed by atoms with E-state index in [0.717, 1.165) is 42.3 Å². The van der Waals surface area contributed by atoms with Crippen LogP contribution >= 0.6 is 0 Å². The van der Waals surface area contributed by atoms with Crippen LogP contribution in [-0.4, -0.2) is 33.9 Å². The predicted molar refractivity (Wildman–Crippen MR) is 97.0 cm³/mol. The molecule has 0 radical (unpaired) electrons. The Morgan fingerprint density at radius 2 is 2.04 bits per heavy atom. The molecule has 1 saturated heterocycles. The van der Waals surface area contributed by atoms with Crippen LogP contribution in [0.15, 0.2) is 24.3 Å². The fraction of sp³-hybridized carbons (Fsp3) is 0.500. The number of hydrogen-bond acceptors (Lipinski definition) is 4. The van der Waals surface area contributed by atoms with Crippen molar-refractivity contribution in [3.05, 3.63) is 41.2 Å². The van der Waals surface area contributed by atoms with E-state index in [0.29, 0.717) is 19.8 Å². The van der Waals surface area contributed by atoms with Crippen molar-refractivity contribution in [2.24, 2.45) is 12.5 Å². The highest BCUT2D eigenvalue weighted by atomic mass is 16.7. The number of fused-ring (bicyclic) bond motifs is 1. The molecular weight excluding hydrogens is 330 g/mol. The predicted octanol–water partition coefficient (Wildman–Crippen LogP) is 2.83. The maximum atomic E-state index is 12.5. The highest BCUT2D eigenvalue weighted by Gasteiger charge is 2.35. The van der Waals surface area contributed by atoms with E-state index in [1.54, 1.807) is 0 Å². The van der Waals surface area contributed by atoms with Crippen LogP contribution in [0.5, 0.6) is 11.5 Å². The average molecular weight is 355 g/mol. The zero-order valence-corrected chi connectivity index (χ0v) is 15.6. The monoisotopic (exact) mass is 355 g/mol. The van der Waals surface area contributed by atoms with Crippen molar-refractivity contribution in [1.82, 2.24) is 14.7 Å². The molecule has 0 aliphatic carbocycles. The molecule has 1 aromatic carbocycles. The van der Waals surface area contributed by atoms with Gasteiger partial charge in [0.2, 0.25) is 12.7 Å². The molecule has 1 aromatic heterocycles. The molecule has 0 saturated carbocycles. The van der Waals surface area contributed by atoms with Gasteiger partial charge in [0.25, 0.3) is 0 Å². The zero-order valence-electron chi connectivity index (χ0n) is 15.6. The number of carbonyl (C=O) groups is 1. The van der Waals surface area contributed by atoms with Gasteiger partial charge in [0.1, 0.15) is 0 Å². The second-order valence-corrected chi connectivity index (χ2v) is 7.83. The molecule has 2 aliphatic heterocycles. The summed E-state index contributed by atoms with van der Waals surface area (Å²) in [5.41, 5.74) is 3.33. The van der Waals surface area contributed by atoms with Gasteiger partial charge in [0.05, 0.1) is 17.9 Å². The number of amides is 1. The van der Waals surface area contributed by atoms with Crippen LogP contribution in [0.25, 0.3) is 0 Å². The maximum absolute atomic E-state index is 12.5. The van der Waals surface area contributed by atoms with Crippen LogP contribution in [0, 0.1) is 12.3 Å². The van der Waals surface area contributed by atoms with Gasteiger partial charge in [-0.25, -0.2) is 0 Å². The number of likely N-dealkylation sites (tertiary alicyclic amines) is 1. The Balaban J connectivity index is 1.49. The largest absolute Gasteiger partial charge is 0.454 e. The average Bonchev–Trinajstić information content (AvgIpc) is 3.17. The molecule has 26 heavy (non-hydrogen) atoms. The first-order valence-corrected chi connectivity index (χ1v) is 9.08. The molecule has 1 atom stereocenters. The normalized spacial score (nSPS) is 22.1. The number of piperidine rings is 1. The molecule has 1 amide bonds. The van der Waals surface area contributed by atoms with Gasteiger partial charge in [-0.15, -0.1) is 0 Å². The van der Waals surface area contributed by atoms with Gasteiger partial charge in [0.15, 0.2) is 11.5 Å². The summed E-state index contributed by atoms with van der Waals surface area (Å²) in [7, 11) is 1.93. The number of ether oxygens (including phenoxy) is 2. The summed E-state index contributed by atoms with van der Waals surface area (Å²) in [6, 6.07) is 8.20. The van der Waals surface area contributed by atoms with Crippen LogP contribution in [-0.2, 0) is 24.8 Å². The first kappa shape index (κ1) is 16.9. The second kappa shape index (κ2) is 6.34. The molecule has 6 nitrogen and oxygen atoms in total. The van der Waals surface area contributed by atoms with Gasteiger partial charge in [-0.3, -0.25) is 9.48 Å². The summed E-state index contributed by atoms with van der Waals surface area (Å²) in [5, 5.41) is 4.39. The van der Waals surface area contributed by atoms with Gasteiger partial charge in [-0.2, -0.15) is 5.10 Å². The van der Waals surface area contributed by atoms with Crippen molar-refractivity contribution in [2.45, 2.75) is 39.7 Å². The third-order valence-corrected chi connectivity index (χ3v) is 5.39. The van der Waals surface area contributed by atoms with Crippen molar-refractivity contribution >= 4 is 5.91 Å². The lowest BCUT2D eigenvalue weighted by molar-refractivity contribution is -0.138. The van der Waals surface area contributed by atoms with E-state index >= 15 is 0 Å². The number of aryl methyl sites for hydroxylation is 2. The minimum Gasteiger partial charge on any atom is -0.454 e. The Morgan fingerprint density at radius 3 is 2.81 bits per heavy atom. The summed E-state index contributed by atoms with van der Waals surface area (Å²) in [5.74, 6) is 1.86. The Kier molecular flexibility index (Phi) is 4.13. The molecule has 2 aromatic rings. The molecule has 138 valence electrons. The number of rotatable bonds is 4. The SMILES string of the molecule is Cc1cc(CN2C[C@@](C)(Cc3ccc4c(c3)OCO4)CCC2=O)n(C)n1. The van der Waals surface area contributed by atoms with Crippen LogP contribution in [0.3, 0.4) is 0 Å². The summed E-state index contributed by atoms with van der Waals surface area (Å²) < 4.78 is 12.8. The van der Waals surface area contributed by atoms with Gasteiger partial charge in [-0.1, -0.05) is 13.0 Å². The van der Waals surface area contributed by atoms with Crippen LogP contribution in [0.4, 0.5) is 0 Å². The molecule has 6 heteroatoms. The van der Waals surface area contributed by atoms with Crippen molar-refractivity contribution in [3.8, 4) is 11.5 Å². The van der Waals surface area contributed by atoms with Crippen molar-refractivity contribution in [2.75, 3.05) is 13.3 Å². The van der Waals surface area contributed by atoms with Gasteiger partial charge >= 0.3 is 0 Å². The number of hydrogen-bond donors (Lipinski definition) is 0. The molecule has 0 N–H and O–H groups in total. The number of aromatic nitrogens is 2. The Morgan fingerprint density at radius 1 is 1.23 bits per heavy atom. The first-order valence-electron chi connectivity index (χ1n) is 9.08. The van der Waals surface area contributed by atoms with E-state index in [-0.39, 0.29) is 11.3 Å². The van der Waals surface area contributed by atoms with Crippen molar-refractivity contribution < 1.29 is 14.3 Å². The summed E-state index contributed by atoms with van der Waals surface area (Å²) in [6.45, 7) is 5.91. The Hall–Kier alpha value is -2.50. The van der Waals surface area contributed by atoms with Gasteiger partial charge in [0, 0.05) is 20.0 Å². The third-order valence-electron chi connectivity index (χ3n) is 5.39. The Bertz CT molecular complexity index is 845. The highest BCUT2D eigenvalue weighted by Crippen LogP contribution is 2.38. The van der Waals surface area contributed by atoms with E-state index in [2.05, 4.69) is 30.2 Å². The minimum atomic E-state index is 0.0508. The summed E-state index contributed by atoms with van der Waals surface area (Å²) in [4.78, 5) is 14.4. The molecule has 0 unspecified atom stereocenters.